The minimum absolute atomic E-state index is 0. The van der Waals surface area contributed by atoms with Gasteiger partial charge in [-0.15, -0.1) is 0 Å². The van der Waals surface area contributed by atoms with Gasteiger partial charge in [-0.25, -0.2) is 0 Å². The van der Waals surface area contributed by atoms with Crippen LogP contribution in [0.5, 0.6) is 0 Å². The van der Waals surface area contributed by atoms with Gasteiger partial charge in [-0.05, 0) is 0 Å². The zero-order valence-electron chi connectivity index (χ0n) is 3.67. The summed E-state index contributed by atoms with van der Waals surface area (Å²) in [5.41, 5.74) is 0. The first-order valence-corrected chi connectivity index (χ1v) is 2.45. The van der Waals surface area contributed by atoms with E-state index in [-0.39, 0.29) is 70.1 Å². The van der Waals surface area contributed by atoms with E-state index >= 15 is 0 Å². The standard InChI is InChI=1S/FH.O4Si.2Y/c;1-5(2,3)4;;/h1H;;;/q;-4;2*+3/p-1. The van der Waals surface area contributed by atoms with Gasteiger partial charge < -0.3 is 32.9 Å². The van der Waals surface area contributed by atoms with Crippen molar-refractivity contribution in [3.63, 3.8) is 0 Å². The molecular formula is FO4SiY2+. The van der Waals surface area contributed by atoms with Crippen LogP contribution in [-0.2, 0) is 65.4 Å². The fourth-order valence-electron chi connectivity index (χ4n) is 0. The minimum Gasteiger partial charge on any atom is -1.00 e. The van der Waals surface area contributed by atoms with Gasteiger partial charge in [-0.2, -0.15) is 0 Å². The fourth-order valence-corrected chi connectivity index (χ4v) is 0. The van der Waals surface area contributed by atoms with Crippen LogP contribution in [-0.4, -0.2) is 9.05 Å². The van der Waals surface area contributed by atoms with E-state index in [0.29, 0.717) is 0 Å². The largest absolute Gasteiger partial charge is 3.00 e. The van der Waals surface area contributed by atoms with Crippen molar-refractivity contribution in [3.05, 3.63) is 0 Å². The number of hydrogen-bond acceptors (Lipinski definition) is 4. The van der Waals surface area contributed by atoms with E-state index in [4.69, 9.17) is 19.2 Å². The van der Waals surface area contributed by atoms with Crippen molar-refractivity contribution in [2.24, 2.45) is 0 Å². The first-order valence-electron chi connectivity index (χ1n) is 0.816. The molecule has 0 atom stereocenters. The first-order chi connectivity index (χ1) is 2.00. The monoisotopic (exact) mass is 289 g/mol. The molecule has 0 bridgehead atoms. The van der Waals surface area contributed by atoms with Gasteiger partial charge in [0, 0.05) is 0 Å². The number of hydrogen-bond donors (Lipinski definition) is 0. The van der Waals surface area contributed by atoms with E-state index in [1.807, 2.05) is 0 Å². The van der Waals surface area contributed by atoms with Crippen LogP contribution >= 0.6 is 0 Å². The molecule has 0 spiro atoms. The van der Waals surface area contributed by atoms with Gasteiger partial charge in [0.1, 0.15) is 0 Å². The Balaban J connectivity index is -0.0000000267. The average molecular weight is 289 g/mol. The Labute approximate surface area is 96.9 Å². The molecular weight excluding hydrogens is 289 g/mol. The van der Waals surface area contributed by atoms with Crippen LogP contribution in [0.4, 0.5) is 0 Å². The first kappa shape index (κ1) is 22.5. The van der Waals surface area contributed by atoms with E-state index in [9.17, 15) is 0 Å². The molecule has 0 unspecified atom stereocenters. The molecule has 40 valence electrons. The Hall–Kier alpha value is 2.19. The van der Waals surface area contributed by atoms with E-state index in [1.165, 1.54) is 0 Å². The van der Waals surface area contributed by atoms with Crippen LogP contribution in [0.3, 0.4) is 0 Å². The summed E-state index contributed by atoms with van der Waals surface area (Å²) in [5.74, 6) is 0. The molecule has 0 fully saturated rings. The molecule has 0 heterocycles. The van der Waals surface area contributed by atoms with E-state index in [1.54, 1.807) is 0 Å². The van der Waals surface area contributed by atoms with Crippen molar-refractivity contribution in [2.75, 3.05) is 0 Å². The third kappa shape index (κ3) is 88.1. The second-order valence-corrected chi connectivity index (χ2v) is 1.50. The predicted molar refractivity (Wildman–Crippen MR) is 5.75 cm³/mol. The Kier molecular flexibility index (Phi) is 25.8. The summed E-state index contributed by atoms with van der Waals surface area (Å²) in [6, 6.07) is 0. The van der Waals surface area contributed by atoms with Crippen molar-refractivity contribution in [3.8, 4) is 0 Å². The maximum atomic E-state index is 8.58. The van der Waals surface area contributed by atoms with Gasteiger partial charge in [0.15, 0.2) is 0 Å². The summed E-state index contributed by atoms with van der Waals surface area (Å²) in [7, 11) is -5.61. The second-order valence-electron chi connectivity index (χ2n) is 0.500. The van der Waals surface area contributed by atoms with Gasteiger partial charge in [0.2, 0.25) is 0 Å². The smallest absolute Gasteiger partial charge is 1.00 e. The molecule has 4 nitrogen and oxygen atoms in total. The molecule has 0 N–H and O–H groups in total. The van der Waals surface area contributed by atoms with E-state index in [0.717, 1.165) is 0 Å². The Morgan fingerprint density at radius 1 is 0.750 bits per heavy atom. The van der Waals surface area contributed by atoms with Crippen molar-refractivity contribution in [2.45, 2.75) is 0 Å². The maximum Gasteiger partial charge on any atom is 3.00 e. The molecule has 0 aromatic carbocycles. The molecule has 0 aromatic heterocycles. The van der Waals surface area contributed by atoms with Crippen molar-refractivity contribution < 1.29 is 89.3 Å². The van der Waals surface area contributed by atoms with Crippen molar-refractivity contribution in [1.29, 1.82) is 0 Å². The van der Waals surface area contributed by atoms with Crippen LogP contribution in [0, 0.1) is 0 Å². The SMILES string of the molecule is [F-].[O-][Si]([O-])([O-])[O-].[Y+3].[Y+3]. The molecule has 0 saturated carbocycles. The number of rotatable bonds is 0. The normalized spacial score (nSPS) is 7.50. The zero-order chi connectivity index (χ0) is 4.50. The Bertz CT molecular complexity index is 29.5. The van der Waals surface area contributed by atoms with Crippen LogP contribution in [0.15, 0.2) is 0 Å². The summed E-state index contributed by atoms with van der Waals surface area (Å²) in [6.07, 6.45) is 0. The van der Waals surface area contributed by atoms with Crippen molar-refractivity contribution >= 4 is 9.05 Å². The second kappa shape index (κ2) is 9.19. The third-order valence-corrected chi connectivity index (χ3v) is 0. The molecule has 0 aliphatic carbocycles. The van der Waals surface area contributed by atoms with Crippen LogP contribution < -0.4 is 23.9 Å². The topological polar surface area (TPSA) is 92.2 Å². The average Bonchev–Trinajstić information content (AvgIpc) is 0.722. The number of halogens is 1. The Morgan fingerprint density at radius 3 is 0.750 bits per heavy atom. The molecule has 0 aromatic rings. The Morgan fingerprint density at radius 2 is 0.750 bits per heavy atom. The molecule has 8 heavy (non-hydrogen) atoms. The minimum atomic E-state index is -5.61. The summed E-state index contributed by atoms with van der Waals surface area (Å²) in [5, 5.41) is 0. The van der Waals surface area contributed by atoms with Crippen LogP contribution in [0.25, 0.3) is 0 Å². The molecule has 0 saturated heterocycles. The zero-order valence-corrected chi connectivity index (χ0v) is 10.3. The van der Waals surface area contributed by atoms with Crippen LogP contribution in [0.2, 0.25) is 0 Å². The summed E-state index contributed by atoms with van der Waals surface area (Å²) < 4.78 is 0. The quantitative estimate of drug-likeness (QED) is 0.414. The van der Waals surface area contributed by atoms with Crippen LogP contribution in [0.1, 0.15) is 0 Å². The molecule has 8 heteroatoms. The van der Waals surface area contributed by atoms with Gasteiger partial charge in [-0.3, -0.25) is 0 Å². The molecule has 0 radical (unpaired) electrons. The summed E-state index contributed by atoms with van der Waals surface area (Å²) in [4.78, 5) is 34.3. The van der Waals surface area contributed by atoms with E-state index in [2.05, 4.69) is 0 Å². The van der Waals surface area contributed by atoms with Crippen molar-refractivity contribution in [1.82, 2.24) is 0 Å². The molecule has 0 amide bonds. The van der Waals surface area contributed by atoms with Gasteiger partial charge >= 0.3 is 65.4 Å². The molecule has 0 aliphatic heterocycles. The third-order valence-electron chi connectivity index (χ3n) is 0. The summed E-state index contributed by atoms with van der Waals surface area (Å²) >= 11 is 0. The summed E-state index contributed by atoms with van der Waals surface area (Å²) in [6.45, 7) is 0. The van der Waals surface area contributed by atoms with Gasteiger partial charge in [0.05, 0.1) is 0 Å². The maximum absolute atomic E-state index is 8.58. The van der Waals surface area contributed by atoms with Gasteiger partial charge in [-0.1, -0.05) is 0 Å². The molecule has 0 aliphatic rings. The van der Waals surface area contributed by atoms with Gasteiger partial charge in [0.25, 0.3) is 0 Å². The fraction of sp³-hybridized carbons (Fsp3) is 0. The molecule has 0 rings (SSSR count). The van der Waals surface area contributed by atoms with E-state index < -0.39 is 9.05 Å². The predicted octanol–water partition coefficient (Wildman–Crippen LogP) is -8.14.